The molecule has 0 atom stereocenters. The molecular formula is C22H18N2O2. The first kappa shape index (κ1) is 15.0. The van der Waals surface area contributed by atoms with Crippen molar-refractivity contribution in [2.24, 2.45) is 0 Å². The molecule has 3 aromatic carbocycles. The number of nitrogens with zero attached hydrogens (tertiary/aromatic N) is 2. The molecule has 1 amide bonds. The maximum atomic E-state index is 12.7. The van der Waals surface area contributed by atoms with Crippen molar-refractivity contribution in [2.45, 2.75) is 13.1 Å². The number of amides is 1. The molecule has 5 rings (SSSR count). The summed E-state index contributed by atoms with van der Waals surface area (Å²) < 4.78 is 5.92. The van der Waals surface area contributed by atoms with Crippen LogP contribution in [0.25, 0.3) is 0 Å². The second kappa shape index (κ2) is 5.92. The summed E-state index contributed by atoms with van der Waals surface area (Å²) in [5.41, 5.74) is 5.03. The predicted octanol–water partition coefficient (Wildman–Crippen LogP) is 4.20. The lowest BCUT2D eigenvalue weighted by atomic mass is 10.1. The Morgan fingerprint density at radius 3 is 2.42 bits per heavy atom. The van der Waals surface area contributed by atoms with Crippen LogP contribution in [0.4, 0.5) is 11.4 Å². The second-order valence-corrected chi connectivity index (χ2v) is 6.65. The van der Waals surface area contributed by atoms with E-state index in [9.17, 15) is 4.79 Å². The van der Waals surface area contributed by atoms with Crippen LogP contribution in [0.15, 0.2) is 72.8 Å². The quantitative estimate of drug-likeness (QED) is 0.700. The van der Waals surface area contributed by atoms with Gasteiger partial charge in [0.1, 0.15) is 5.75 Å². The van der Waals surface area contributed by atoms with E-state index in [1.54, 1.807) is 0 Å². The number of carbonyl (C=O) groups excluding carboxylic acids is 1. The zero-order valence-electron chi connectivity index (χ0n) is 14.3. The summed E-state index contributed by atoms with van der Waals surface area (Å²) >= 11 is 0. The monoisotopic (exact) mass is 342 g/mol. The number of fused-ring (bicyclic) bond motifs is 2. The summed E-state index contributed by atoms with van der Waals surface area (Å²) in [6.45, 7) is 1.92. The molecule has 0 aliphatic carbocycles. The van der Waals surface area contributed by atoms with E-state index < -0.39 is 0 Å². The van der Waals surface area contributed by atoms with Gasteiger partial charge in [-0.15, -0.1) is 0 Å². The van der Waals surface area contributed by atoms with Gasteiger partial charge in [0.05, 0.1) is 6.54 Å². The number of carbonyl (C=O) groups is 1. The highest BCUT2D eigenvalue weighted by Gasteiger charge is 2.29. The Kier molecular flexibility index (Phi) is 3.42. The first-order chi connectivity index (χ1) is 12.8. The number of rotatable bonds is 2. The number of ether oxygens (including phenoxy) is 1. The van der Waals surface area contributed by atoms with Crippen LogP contribution in [0.2, 0.25) is 0 Å². The molecule has 0 unspecified atom stereocenters. The lowest BCUT2D eigenvalue weighted by Crippen LogP contribution is -2.32. The van der Waals surface area contributed by atoms with E-state index in [1.807, 2.05) is 59.5 Å². The first-order valence-electron chi connectivity index (χ1n) is 8.75. The Bertz CT molecular complexity index is 984. The fourth-order valence-electron chi connectivity index (χ4n) is 3.66. The summed E-state index contributed by atoms with van der Waals surface area (Å²) in [4.78, 5) is 16.8. The molecular weight excluding hydrogens is 324 g/mol. The van der Waals surface area contributed by atoms with Crippen molar-refractivity contribution in [3.8, 4) is 5.75 Å². The summed E-state index contributed by atoms with van der Waals surface area (Å²) in [7, 11) is 0. The van der Waals surface area contributed by atoms with Crippen molar-refractivity contribution in [1.29, 1.82) is 0 Å². The van der Waals surface area contributed by atoms with Crippen molar-refractivity contribution in [1.82, 2.24) is 0 Å². The zero-order chi connectivity index (χ0) is 17.5. The van der Waals surface area contributed by atoms with Crippen LogP contribution in [-0.4, -0.2) is 12.6 Å². The van der Waals surface area contributed by atoms with Gasteiger partial charge in [0.2, 0.25) is 0 Å². The van der Waals surface area contributed by atoms with Gasteiger partial charge in [-0.25, -0.2) is 0 Å². The minimum Gasteiger partial charge on any atom is -0.473 e. The number of hydrogen-bond donors (Lipinski definition) is 0. The van der Waals surface area contributed by atoms with Crippen molar-refractivity contribution in [2.75, 3.05) is 16.5 Å². The summed E-state index contributed by atoms with van der Waals surface area (Å²) in [6, 6.07) is 24.1. The predicted molar refractivity (Wildman–Crippen MR) is 102 cm³/mol. The van der Waals surface area contributed by atoms with E-state index in [1.165, 1.54) is 0 Å². The van der Waals surface area contributed by atoms with Crippen molar-refractivity contribution in [3.05, 3.63) is 89.5 Å². The number of para-hydroxylation sites is 1. The highest BCUT2D eigenvalue weighted by atomic mass is 16.5. The second-order valence-electron chi connectivity index (χ2n) is 6.65. The average Bonchev–Trinajstić information content (AvgIpc) is 3.05. The van der Waals surface area contributed by atoms with E-state index in [0.29, 0.717) is 13.3 Å². The average molecular weight is 342 g/mol. The van der Waals surface area contributed by atoms with Gasteiger partial charge >= 0.3 is 0 Å². The number of hydrogen-bond acceptors (Lipinski definition) is 3. The normalized spacial score (nSPS) is 15.5. The number of benzene rings is 3. The van der Waals surface area contributed by atoms with Gasteiger partial charge in [-0.1, -0.05) is 36.4 Å². The fourth-order valence-corrected chi connectivity index (χ4v) is 3.66. The topological polar surface area (TPSA) is 32.8 Å². The molecule has 0 bridgehead atoms. The van der Waals surface area contributed by atoms with E-state index in [0.717, 1.165) is 40.4 Å². The third-order valence-electron chi connectivity index (χ3n) is 5.04. The van der Waals surface area contributed by atoms with Crippen molar-refractivity contribution < 1.29 is 9.53 Å². The van der Waals surface area contributed by atoms with Crippen LogP contribution in [0.5, 0.6) is 5.75 Å². The summed E-state index contributed by atoms with van der Waals surface area (Å²) in [6.07, 6.45) is 0. The van der Waals surface area contributed by atoms with Gasteiger partial charge in [-0.05, 0) is 42.0 Å². The van der Waals surface area contributed by atoms with Gasteiger partial charge in [0, 0.05) is 29.0 Å². The molecule has 0 radical (unpaired) electrons. The Balaban J connectivity index is 1.45. The smallest absolute Gasteiger partial charge is 0.258 e. The van der Waals surface area contributed by atoms with Crippen molar-refractivity contribution in [3.63, 3.8) is 0 Å². The lowest BCUT2D eigenvalue weighted by Gasteiger charge is -2.31. The van der Waals surface area contributed by atoms with E-state index in [2.05, 4.69) is 23.1 Å². The summed E-state index contributed by atoms with van der Waals surface area (Å²) in [5, 5.41) is 0. The van der Waals surface area contributed by atoms with Crippen LogP contribution >= 0.6 is 0 Å². The van der Waals surface area contributed by atoms with Gasteiger partial charge < -0.3 is 14.5 Å². The largest absolute Gasteiger partial charge is 0.473 e. The van der Waals surface area contributed by atoms with Crippen LogP contribution in [0, 0.1) is 0 Å². The molecule has 0 saturated carbocycles. The maximum absolute atomic E-state index is 12.7. The molecule has 0 aromatic heterocycles. The molecule has 3 aromatic rings. The van der Waals surface area contributed by atoms with Gasteiger partial charge in [0.25, 0.3) is 5.91 Å². The van der Waals surface area contributed by atoms with E-state index in [-0.39, 0.29) is 5.91 Å². The SMILES string of the molecule is O=C1c2ccccc2CN1c1ccc2c(c1)CN(c1ccccc1)CO2. The Labute approximate surface area is 152 Å². The van der Waals surface area contributed by atoms with Crippen LogP contribution in [0.3, 0.4) is 0 Å². The fraction of sp³-hybridized carbons (Fsp3) is 0.136. The van der Waals surface area contributed by atoms with Crippen LogP contribution in [0.1, 0.15) is 21.5 Å². The molecule has 2 aliphatic rings. The molecule has 2 aliphatic heterocycles. The highest BCUT2D eigenvalue weighted by molar-refractivity contribution is 6.10. The number of anilines is 2. The molecule has 0 N–H and O–H groups in total. The molecule has 2 heterocycles. The third kappa shape index (κ3) is 2.42. The summed E-state index contributed by atoms with van der Waals surface area (Å²) in [5.74, 6) is 0.960. The molecule has 4 nitrogen and oxygen atoms in total. The van der Waals surface area contributed by atoms with Gasteiger partial charge in [-0.3, -0.25) is 4.79 Å². The molecule has 26 heavy (non-hydrogen) atoms. The molecule has 4 heteroatoms. The van der Waals surface area contributed by atoms with E-state index >= 15 is 0 Å². The Morgan fingerprint density at radius 1 is 0.769 bits per heavy atom. The molecule has 0 spiro atoms. The van der Waals surface area contributed by atoms with Crippen LogP contribution in [-0.2, 0) is 13.1 Å². The standard InChI is InChI=1S/C22H18N2O2/c25-22-20-9-5-4-6-16(20)14-24(22)19-10-11-21-17(12-19)13-23(15-26-21)18-7-2-1-3-8-18/h1-12H,13-15H2. The van der Waals surface area contributed by atoms with Crippen LogP contribution < -0.4 is 14.5 Å². The van der Waals surface area contributed by atoms with Gasteiger partial charge in [0.15, 0.2) is 6.73 Å². The molecule has 128 valence electrons. The maximum Gasteiger partial charge on any atom is 0.258 e. The van der Waals surface area contributed by atoms with E-state index in [4.69, 9.17) is 4.74 Å². The Morgan fingerprint density at radius 2 is 1.58 bits per heavy atom. The van der Waals surface area contributed by atoms with Gasteiger partial charge in [-0.2, -0.15) is 0 Å². The highest BCUT2D eigenvalue weighted by Crippen LogP contribution is 2.34. The molecule has 0 saturated heterocycles. The first-order valence-corrected chi connectivity index (χ1v) is 8.75. The van der Waals surface area contributed by atoms with Crippen molar-refractivity contribution >= 4 is 17.3 Å². The zero-order valence-corrected chi connectivity index (χ0v) is 14.3. The lowest BCUT2D eigenvalue weighted by molar-refractivity contribution is 0.0996. The minimum absolute atomic E-state index is 0.0668. The minimum atomic E-state index is 0.0668. The molecule has 0 fully saturated rings. The Hall–Kier alpha value is -3.27. The third-order valence-corrected chi connectivity index (χ3v) is 5.04.